The summed E-state index contributed by atoms with van der Waals surface area (Å²) in [6.07, 6.45) is 3.26. The van der Waals surface area contributed by atoms with Gasteiger partial charge in [-0.2, -0.15) is 11.8 Å². The number of hydrogen-bond donors (Lipinski definition) is 0. The number of thioether (sulfide) groups is 1. The molecule has 2 unspecified atom stereocenters. The Kier molecular flexibility index (Phi) is 8.47. The number of ether oxygens (including phenoxy) is 1. The van der Waals surface area contributed by atoms with Crippen molar-refractivity contribution in [2.75, 3.05) is 25.6 Å². The van der Waals surface area contributed by atoms with Crippen molar-refractivity contribution in [3.8, 4) is 0 Å². The molecule has 0 aromatic heterocycles. The molecule has 0 aliphatic heterocycles. The van der Waals surface area contributed by atoms with Crippen LogP contribution in [0.4, 0.5) is 0 Å². The van der Waals surface area contributed by atoms with E-state index in [0.717, 1.165) is 24.3 Å². The molecule has 1 aromatic carbocycles. The Labute approximate surface area is 133 Å². The standard InChI is InChI=1S/C17H27NO2S/c1-14(12-18(3)15(2)10-11-21-4)17(19)20-13-16-8-6-5-7-9-16/h5-9,14-15H,10-13H2,1-4H3. The van der Waals surface area contributed by atoms with Gasteiger partial charge in [-0.15, -0.1) is 0 Å². The summed E-state index contributed by atoms with van der Waals surface area (Å²) in [5.41, 5.74) is 1.03. The second-order valence-electron chi connectivity index (χ2n) is 5.56. The van der Waals surface area contributed by atoms with E-state index in [-0.39, 0.29) is 11.9 Å². The molecule has 0 spiro atoms. The molecule has 2 atom stereocenters. The Morgan fingerprint density at radius 3 is 2.57 bits per heavy atom. The van der Waals surface area contributed by atoms with E-state index in [4.69, 9.17) is 4.74 Å². The number of benzene rings is 1. The van der Waals surface area contributed by atoms with Crippen molar-refractivity contribution in [2.24, 2.45) is 5.92 Å². The molecule has 4 heteroatoms. The first-order valence-corrected chi connectivity index (χ1v) is 8.83. The zero-order valence-corrected chi connectivity index (χ0v) is 14.4. The van der Waals surface area contributed by atoms with Crippen LogP contribution < -0.4 is 0 Å². The third-order valence-corrected chi connectivity index (χ3v) is 4.32. The highest BCUT2D eigenvalue weighted by molar-refractivity contribution is 7.98. The van der Waals surface area contributed by atoms with Crippen LogP contribution in [0.2, 0.25) is 0 Å². The number of nitrogens with zero attached hydrogens (tertiary/aromatic N) is 1. The number of rotatable bonds is 9. The second kappa shape index (κ2) is 9.85. The zero-order chi connectivity index (χ0) is 15.7. The predicted octanol–water partition coefficient (Wildman–Crippen LogP) is 3.44. The number of hydrogen-bond acceptors (Lipinski definition) is 4. The minimum absolute atomic E-state index is 0.101. The topological polar surface area (TPSA) is 29.5 Å². The van der Waals surface area contributed by atoms with Crippen LogP contribution in [0.5, 0.6) is 0 Å². The van der Waals surface area contributed by atoms with Crippen LogP contribution in [-0.4, -0.2) is 42.5 Å². The summed E-state index contributed by atoms with van der Waals surface area (Å²) in [7, 11) is 2.08. The van der Waals surface area contributed by atoms with Crippen LogP contribution in [0.25, 0.3) is 0 Å². The van der Waals surface area contributed by atoms with Gasteiger partial charge < -0.3 is 9.64 Å². The van der Waals surface area contributed by atoms with Crippen molar-refractivity contribution in [1.82, 2.24) is 4.90 Å². The van der Waals surface area contributed by atoms with Crippen molar-refractivity contribution >= 4 is 17.7 Å². The third-order valence-electron chi connectivity index (χ3n) is 3.68. The molecule has 0 radical (unpaired) electrons. The maximum atomic E-state index is 12.0. The van der Waals surface area contributed by atoms with Gasteiger partial charge in [0.1, 0.15) is 6.61 Å². The summed E-state index contributed by atoms with van der Waals surface area (Å²) < 4.78 is 5.38. The summed E-state index contributed by atoms with van der Waals surface area (Å²) in [6.45, 7) is 5.24. The van der Waals surface area contributed by atoms with Crippen LogP contribution in [-0.2, 0) is 16.1 Å². The van der Waals surface area contributed by atoms with Gasteiger partial charge in [0.15, 0.2) is 0 Å². The van der Waals surface area contributed by atoms with Crippen LogP contribution in [0.15, 0.2) is 30.3 Å². The zero-order valence-electron chi connectivity index (χ0n) is 13.5. The molecular weight excluding hydrogens is 282 g/mol. The molecular formula is C17H27NO2S. The SMILES string of the molecule is CSCCC(C)N(C)CC(C)C(=O)OCc1ccccc1. The van der Waals surface area contributed by atoms with Crippen molar-refractivity contribution in [2.45, 2.75) is 32.9 Å². The molecule has 118 valence electrons. The lowest BCUT2D eigenvalue weighted by Gasteiger charge is -2.26. The molecule has 3 nitrogen and oxygen atoms in total. The highest BCUT2D eigenvalue weighted by Crippen LogP contribution is 2.10. The highest BCUT2D eigenvalue weighted by Gasteiger charge is 2.19. The highest BCUT2D eigenvalue weighted by atomic mass is 32.2. The molecule has 0 aliphatic carbocycles. The molecule has 0 fully saturated rings. The van der Waals surface area contributed by atoms with Crippen molar-refractivity contribution in [3.63, 3.8) is 0 Å². The Hall–Kier alpha value is -1.00. The van der Waals surface area contributed by atoms with Crippen molar-refractivity contribution < 1.29 is 9.53 Å². The molecule has 0 amide bonds. The minimum Gasteiger partial charge on any atom is -0.461 e. The maximum absolute atomic E-state index is 12.0. The lowest BCUT2D eigenvalue weighted by Crippen LogP contribution is -2.36. The lowest BCUT2D eigenvalue weighted by molar-refractivity contribution is -0.150. The first-order chi connectivity index (χ1) is 10.0. The van der Waals surface area contributed by atoms with Crippen molar-refractivity contribution in [1.29, 1.82) is 0 Å². The molecule has 0 heterocycles. The lowest BCUT2D eigenvalue weighted by atomic mass is 10.1. The molecule has 0 saturated carbocycles. The quantitative estimate of drug-likeness (QED) is 0.654. The van der Waals surface area contributed by atoms with Gasteiger partial charge in [0.2, 0.25) is 0 Å². The Morgan fingerprint density at radius 1 is 1.29 bits per heavy atom. The number of esters is 1. The third kappa shape index (κ3) is 7.00. The van der Waals surface area contributed by atoms with Crippen LogP contribution >= 0.6 is 11.8 Å². The molecule has 0 N–H and O–H groups in total. The fraction of sp³-hybridized carbons (Fsp3) is 0.588. The van der Waals surface area contributed by atoms with Crippen molar-refractivity contribution in [3.05, 3.63) is 35.9 Å². The van der Waals surface area contributed by atoms with Gasteiger partial charge in [0.25, 0.3) is 0 Å². The summed E-state index contributed by atoms with van der Waals surface area (Å²) in [6, 6.07) is 10.3. The predicted molar refractivity (Wildman–Crippen MR) is 90.5 cm³/mol. The largest absolute Gasteiger partial charge is 0.461 e. The fourth-order valence-electron chi connectivity index (χ4n) is 2.07. The van der Waals surface area contributed by atoms with Gasteiger partial charge >= 0.3 is 5.97 Å². The normalized spacial score (nSPS) is 14.0. The smallest absolute Gasteiger partial charge is 0.310 e. The maximum Gasteiger partial charge on any atom is 0.310 e. The molecule has 1 aromatic rings. The van der Waals surface area contributed by atoms with Gasteiger partial charge in [0, 0.05) is 12.6 Å². The van der Waals surface area contributed by atoms with Gasteiger partial charge in [0.05, 0.1) is 5.92 Å². The number of carbonyl (C=O) groups is 1. The minimum atomic E-state index is -0.122. The van der Waals surface area contributed by atoms with E-state index >= 15 is 0 Å². The van der Waals surface area contributed by atoms with Crippen LogP contribution in [0, 0.1) is 5.92 Å². The Bertz CT molecular complexity index is 411. The average molecular weight is 309 g/mol. The summed E-state index contributed by atoms with van der Waals surface area (Å²) >= 11 is 1.86. The van der Waals surface area contributed by atoms with Gasteiger partial charge in [-0.1, -0.05) is 37.3 Å². The summed E-state index contributed by atoms with van der Waals surface area (Å²) in [5, 5.41) is 0. The van der Waals surface area contributed by atoms with Crippen LogP contribution in [0.1, 0.15) is 25.8 Å². The van der Waals surface area contributed by atoms with E-state index in [9.17, 15) is 4.79 Å². The van der Waals surface area contributed by atoms with E-state index < -0.39 is 0 Å². The number of carbonyl (C=O) groups excluding carboxylic acids is 1. The molecule has 0 bridgehead atoms. The van der Waals surface area contributed by atoms with Gasteiger partial charge in [-0.25, -0.2) is 0 Å². The van der Waals surface area contributed by atoms with E-state index in [0.29, 0.717) is 12.6 Å². The van der Waals surface area contributed by atoms with E-state index in [2.05, 4.69) is 25.1 Å². The second-order valence-corrected chi connectivity index (χ2v) is 6.55. The Morgan fingerprint density at radius 2 is 1.95 bits per heavy atom. The van der Waals surface area contributed by atoms with Gasteiger partial charge in [-0.05, 0) is 38.0 Å². The molecule has 0 aliphatic rings. The monoisotopic (exact) mass is 309 g/mol. The van der Waals surface area contributed by atoms with Crippen LogP contribution in [0.3, 0.4) is 0 Å². The first-order valence-electron chi connectivity index (χ1n) is 7.44. The summed E-state index contributed by atoms with van der Waals surface area (Å²) in [4.78, 5) is 14.3. The Balaban J connectivity index is 2.33. The average Bonchev–Trinajstić information content (AvgIpc) is 2.50. The molecule has 1 rings (SSSR count). The summed E-state index contributed by atoms with van der Waals surface area (Å²) in [5.74, 6) is 0.927. The molecule has 0 saturated heterocycles. The van der Waals surface area contributed by atoms with E-state index in [1.807, 2.05) is 49.0 Å². The van der Waals surface area contributed by atoms with Gasteiger partial charge in [-0.3, -0.25) is 4.79 Å². The fourth-order valence-corrected chi connectivity index (χ4v) is 2.64. The van der Waals surface area contributed by atoms with E-state index in [1.54, 1.807) is 0 Å². The first kappa shape index (κ1) is 18.1. The van der Waals surface area contributed by atoms with E-state index in [1.165, 1.54) is 0 Å². The molecule has 21 heavy (non-hydrogen) atoms.